The molecule has 31 heavy (non-hydrogen) atoms. The Morgan fingerprint density at radius 2 is 1.71 bits per heavy atom. The highest BCUT2D eigenvalue weighted by Gasteiger charge is 2.49. The van der Waals surface area contributed by atoms with Crippen LogP contribution in [0.5, 0.6) is 11.5 Å². The normalized spacial score (nSPS) is 29.8. The van der Waals surface area contributed by atoms with Gasteiger partial charge in [-0.25, -0.2) is 10.9 Å². The third-order valence-corrected chi connectivity index (χ3v) is 6.71. The number of carbonyl (C=O) groups excluding carboxylic acids is 1. The zero-order valence-corrected chi connectivity index (χ0v) is 17.6. The van der Waals surface area contributed by atoms with Crippen molar-refractivity contribution in [2.75, 3.05) is 14.2 Å². The van der Waals surface area contributed by atoms with Gasteiger partial charge in [0.05, 0.1) is 20.4 Å². The largest absolute Gasteiger partial charge is 0.493 e. The molecule has 2 aromatic rings. The maximum absolute atomic E-state index is 13.5. The average molecular weight is 421 g/mol. The Balaban J connectivity index is 1.53. The smallest absolute Gasteiger partial charge is 0.161 e. The molecule has 5 atom stereocenters. The van der Waals surface area contributed by atoms with E-state index >= 15 is 0 Å². The van der Waals surface area contributed by atoms with E-state index in [4.69, 9.17) is 9.47 Å². The highest BCUT2D eigenvalue weighted by Crippen LogP contribution is 2.47. The summed E-state index contributed by atoms with van der Waals surface area (Å²) in [5, 5.41) is 14.1. The van der Waals surface area contributed by atoms with Gasteiger partial charge >= 0.3 is 0 Å². The number of fused-ring (bicyclic) bond motifs is 1. The van der Waals surface area contributed by atoms with Crippen LogP contribution in [0.25, 0.3) is 0 Å². The summed E-state index contributed by atoms with van der Waals surface area (Å²) in [5.74, 6) is 1.16. The van der Waals surface area contributed by atoms with Crippen LogP contribution >= 0.6 is 0 Å². The van der Waals surface area contributed by atoms with Crippen LogP contribution in [0.3, 0.4) is 0 Å². The molecule has 0 aromatic heterocycles. The molecule has 1 aliphatic carbocycles. The van der Waals surface area contributed by atoms with Gasteiger partial charge in [-0.1, -0.05) is 36.4 Å². The molecule has 3 unspecified atom stereocenters. The van der Waals surface area contributed by atoms with Gasteiger partial charge in [0.25, 0.3) is 0 Å². The number of hydrazine groups is 1. The molecule has 0 saturated carbocycles. The van der Waals surface area contributed by atoms with E-state index in [0.717, 1.165) is 28.8 Å². The molecule has 0 radical (unpaired) electrons. The van der Waals surface area contributed by atoms with Crippen LogP contribution in [0.4, 0.5) is 0 Å². The number of benzene rings is 2. The highest BCUT2D eigenvalue weighted by atomic mass is 16.5. The Hall–Kier alpha value is -2.87. The zero-order valence-electron chi connectivity index (χ0n) is 17.6. The second-order valence-electron chi connectivity index (χ2n) is 8.36. The number of ether oxygens (including phenoxy) is 2. The predicted octanol–water partition coefficient (Wildman–Crippen LogP) is 2.16. The summed E-state index contributed by atoms with van der Waals surface area (Å²) in [6.45, 7) is 0. The summed E-state index contributed by atoms with van der Waals surface area (Å²) in [6, 6.07) is 15.9. The van der Waals surface area contributed by atoms with Crippen molar-refractivity contribution < 1.29 is 19.4 Å². The Bertz CT molecular complexity index is 1020. The summed E-state index contributed by atoms with van der Waals surface area (Å²) >= 11 is 0. The van der Waals surface area contributed by atoms with E-state index in [9.17, 15) is 9.90 Å². The van der Waals surface area contributed by atoms with Crippen LogP contribution in [-0.4, -0.2) is 37.5 Å². The van der Waals surface area contributed by atoms with Gasteiger partial charge in [-0.05, 0) is 35.6 Å². The van der Waals surface area contributed by atoms with E-state index in [1.807, 2.05) is 48.5 Å². The van der Waals surface area contributed by atoms with E-state index in [0.29, 0.717) is 17.9 Å². The van der Waals surface area contributed by atoms with Crippen molar-refractivity contribution in [2.24, 2.45) is 5.92 Å². The van der Waals surface area contributed by atoms with Crippen molar-refractivity contribution in [3.63, 3.8) is 0 Å². The lowest BCUT2D eigenvalue weighted by Gasteiger charge is -2.42. The molecule has 4 N–H and O–H groups in total. The molecule has 0 spiro atoms. The summed E-state index contributed by atoms with van der Waals surface area (Å²) in [5.41, 5.74) is 9.94. The first kappa shape index (κ1) is 20.1. The number of rotatable bonds is 4. The van der Waals surface area contributed by atoms with Gasteiger partial charge in [0.15, 0.2) is 17.3 Å². The molecule has 1 fully saturated rings. The third-order valence-electron chi connectivity index (χ3n) is 6.71. The lowest BCUT2D eigenvalue weighted by molar-refractivity contribution is -0.117. The summed E-state index contributed by atoms with van der Waals surface area (Å²) in [4.78, 5) is 13.5. The second-order valence-corrected chi connectivity index (χ2v) is 8.36. The molecule has 5 rings (SSSR count). The van der Waals surface area contributed by atoms with Gasteiger partial charge in [-0.3, -0.25) is 4.79 Å². The number of ketones is 1. The second kappa shape index (κ2) is 8.00. The minimum Gasteiger partial charge on any atom is -0.493 e. The average Bonchev–Trinajstić information content (AvgIpc) is 3.17. The monoisotopic (exact) mass is 421 g/mol. The van der Waals surface area contributed by atoms with Crippen molar-refractivity contribution in [3.05, 3.63) is 70.9 Å². The van der Waals surface area contributed by atoms with Gasteiger partial charge in [-0.15, -0.1) is 0 Å². The quantitative estimate of drug-likeness (QED) is 0.601. The molecular weight excluding hydrogens is 394 g/mol. The molecule has 2 heterocycles. The van der Waals surface area contributed by atoms with E-state index in [1.54, 1.807) is 14.2 Å². The first-order chi connectivity index (χ1) is 15.1. The minimum absolute atomic E-state index is 0.0471. The van der Waals surface area contributed by atoms with Crippen molar-refractivity contribution in [1.82, 2.24) is 16.2 Å². The molecule has 162 valence electrons. The molecule has 7 nitrogen and oxygen atoms in total. The number of aliphatic hydroxyl groups excluding tert-OH is 1. The van der Waals surface area contributed by atoms with E-state index in [-0.39, 0.29) is 29.7 Å². The van der Waals surface area contributed by atoms with Crippen LogP contribution in [0.15, 0.2) is 59.8 Å². The van der Waals surface area contributed by atoms with E-state index < -0.39 is 6.23 Å². The third kappa shape index (κ3) is 3.39. The maximum atomic E-state index is 13.5. The molecule has 2 aromatic carbocycles. The lowest BCUT2D eigenvalue weighted by atomic mass is 9.69. The minimum atomic E-state index is -0.742. The van der Waals surface area contributed by atoms with Crippen LogP contribution in [0, 0.1) is 5.92 Å². The SMILES string of the molecule is COc1ccc([C@H]2CC(=O)C3=C(C2)NC2NNC(O)C2[C@@H]3c2ccccc2)cc1OC. The molecule has 2 aliphatic heterocycles. The fourth-order valence-corrected chi connectivity index (χ4v) is 5.26. The van der Waals surface area contributed by atoms with Crippen LogP contribution < -0.4 is 25.6 Å². The Morgan fingerprint density at radius 3 is 2.45 bits per heavy atom. The van der Waals surface area contributed by atoms with Crippen molar-refractivity contribution in [1.29, 1.82) is 0 Å². The maximum Gasteiger partial charge on any atom is 0.161 e. The van der Waals surface area contributed by atoms with E-state index in [2.05, 4.69) is 16.2 Å². The van der Waals surface area contributed by atoms with Gasteiger partial charge in [0.2, 0.25) is 0 Å². The lowest BCUT2D eigenvalue weighted by Crippen LogP contribution is -2.51. The number of Topliss-reactive ketones (excluding diaryl/α,β-unsaturated/α-hetero) is 1. The number of nitrogens with one attached hydrogen (secondary N) is 3. The van der Waals surface area contributed by atoms with Gasteiger partial charge in [-0.2, -0.15) is 0 Å². The Labute approximate surface area is 181 Å². The molecule has 1 saturated heterocycles. The first-order valence-corrected chi connectivity index (χ1v) is 10.6. The number of allylic oxidation sites excluding steroid dienone is 2. The molecular formula is C24H27N3O4. The molecule has 7 heteroatoms. The Kier molecular flexibility index (Phi) is 5.17. The number of hydrogen-bond donors (Lipinski definition) is 4. The van der Waals surface area contributed by atoms with Crippen molar-refractivity contribution in [2.45, 2.75) is 37.1 Å². The summed E-state index contributed by atoms with van der Waals surface area (Å²) in [6.07, 6.45) is 0.248. The predicted molar refractivity (Wildman–Crippen MR) is 115 cm³/mol. The van der Waals surface area contributed by atoms with Gasteiger partial charge in [0, 0.05) is 29.5 Å². The summed E-state index contributed by atoms with van der Waals surface area (Å²) < 4.78 is 10.8. The fraction of sp³-hybridized carbons (Fsp3) is 0.375. The molecule has 0 amide bonds. The molecule has 3 aliphatic rings. The van der Waals surface area contributed by atoms with Crippen LogP contribution in [0.2, 0.25) is 0 Å². The van der Waals surface area contributed by atoms with Crippen molar-refractivity contribution >= 4 is 5.78 Å². The number of hydrogen-bond acceptors (Lipinski definition) is 7. The van der Waals surface area contributed by atoms with Crippen LogP contribution in [-0.2, 0) is 4.79 Å². The molecule has 0 bridgehead atoms. The summed E-state index contributed by atoms with van der Waals surface area (Å²) in [7, 11) is 3.23. The number of aliphatic hydroxyl groups is 1. The Morgan fingerprint density at radius 1 is 0.935 bits per heavy atom. The van der Waals surface area contributed by atoms with E-state index in [1.165, 1.54) is 0 Å². The zero-order chi connectivity index (χ0) is 21.5. The van der Waals surface area contributed by atoms with Crippen LogP contribution in [0.1, 0.15) is 35.8 Å². The number of carbonyl (C=O) groups is 1. The topological polar surface area (TPSA) is 91.9 Å². The first-order valence-electron chi connectivity index (χ1n) is 10.6. The fourth-order valence-electron chi connectivity index (χ4n) is 5.26. The van der Waals surface area contributed by atoms with Crippen molar-refractivity contribution in [3.8, 4) is 11.5 Å². The van der Waals surface area contributed by atoms with Gasteiger partial charge in [0.1, 0.15) is 6.23 Å². The number of methoxy groups -OCH3 is 2. The highest BCUT2D eigenvalue weighted by molar-refractivity contribution is 5.99. The standard InChI is InChI=1S/C24H27N3O4/c1-30-18-9-8-14(12-19(18)31-2)15-10-16-21(17(28)11-15)20(13-6-4-3-5-7-13)22-23(25-16)26-27-24(22)29/h3-9,12,15,20,22-27,29H,10-11H2,1-2H3/t15-,20-,22?,23?,24?/m1/s1. The van der Waals surface area contributed by atoms with Gasteiger partial charge < -0.3 is 19.9 Å².